The number of amidine groups is 1. The van der Waals surface area contributed by atoms with E-state index < -0.39 is 0 Å². The van der Waals surface area contributed by atoms with Crippen molar-refractivity contribution in [3.05, 3.63) is 41.6 Å². The smallest absolute Gasteiger partial charge is 0.229 e. The van der Waals surface area contributed by atoms with Crippen LogP contribution in [0.1, 0.15) is 31.1 Å². The minimum absolute atomic E-state index is 0.0751. The number of thioether (sulfide) groups is 1. The molecule has 3 rings (SSSR count). The Kier molecular flexibility index (Phi) is 2.38. The van der Waals surface area contributed by atoms with Gasteiger partial charge in [0.1, 0.15) is 0 Å². The number of anilines is 1. The quantitative estimate of drug-likeness (QED) is 0.714. The van der Waals surface area contributed by atoms with Crippen molar-refractivity contribution in [3.63, 3.8) is 0 Å². The summed E-state index contributed by atoms with van der Waals surface area (Å²) in [5.74, 6) is 0. The molecule has 18 heavy (non-hydrogen) atoms. The highest BCUT2D eigenvalue weighted by molar-refractivity contribution is 8.27. The van der Waals surface area contributed by atoms with E-state index in [-0.39, 0.29) is 10.7 Å². The van der Waals surface area contributed by atoms with E-state index in [1.165, 1.54) is 11.8 Å². The van der Waals surface area contributed by atoms with Crippen LogP contribution in [0.3, 0.4) is 0 Å². The van der Waals surface area contributed by atoms with Gasteiger partial charge in [0.25, 0.3) is 0 Å². The molecule has 3 nitrogen and oxygen atoms in total. The summed E-state index contributed by atoms with van der Waals surface area (Å²) < 4.78 is 0. The molecule has 0 atom stereocenters. The molecule has 0 saturated heterocycles. The molecule has 1 aromatic rings. The summed E-state index contributed by atoms with van der Waals surface area (Å²) in [6, 6.07) is 7.69. The molecule has 0 spiro atoms. The Balaban J connectivity index is 2.20. The predicted molar refractivity (Wildman–Crippen MR) is 76.1 cm³/mol. The van der Waals surface area contributed by atoms with Crippen LogP contribution in [0.2, 0.25) is 0 Å². The van der Waals surface area contributed by atoms with Crippen molar-refractivity contribution in [2.45, 2.75) is 26.3 Å². The number of aliphatic imine (C=N–C) groups is 1. The van der Waals surface area contributed by atoms with Gasteiger partial charge in [-0.3, -0.25) is 14.7 Å². The molecule has 4 heteroatoms. The molecular weight excluding hydrogens is 244 g/mol. The van der Waals surface area contributed by atoms with Crippen LogP contribution in [0.4, 0.5) is 5.69 Å². The third-order valence-electron chi connectivity index (χ3n) is 3.04. The number of hydrogen-bond donors (Lipinski definition) is 0. The fourth-order valence-corrected chi connectivity index (χ4v) is 3.46. The van der Waals surface area contributed by atoms with Crippen LogP contribution in [-0.4, -0.2) is 15.8 Å². The topological polar surface area (TPSA) is 32.7 Å². The fourth-order valence-electron chi connectivity index (χ4n) is 2.40. The molecule has 0 unspecified atom stereocenters. The lowest BCUT2D eigenvalue weighted by atomic mass is 10.0. The molecule has 2 aliphatic rings. The highest BCUT2D eigenvalue weighted by Gasteiger charge is 2.34. The summed E-state index contributed by atoms with van der Waals surface area (Å²) in [7, 11) is 0. The Morgan fingerprint density at radius 1 is 1.28 bits per heavy atom. The van der Waals surface area contributed by atoms with Gasteiger partial charge >= 0.3 is 0 Å². The van der Waals surface area contributed by atoms with Gasteiger partial charge in [0, 0.05) is 5.70 Å². The van der Waals surface area contributed by atoms with Gasteiger partial charge in [-0.05, 0) is 50.7 Å². The minimum atomic E-state index is -0.241. The van der Waals surface area contributed by atoms with E-state index in [1.54, 1.807) is 0 Å². The van der Waals surface area contributed by atoms with E-state index in [4.69, 9.17) is 0 Å². The van der Waals surface area contributed by atoms with E-state index in [0.717, 1.165) is 22.1 Å². The molecule has 0 bridgehead atoms. The van der Waals surface area contributed by atoms with Gasteiger partial charge in [-0.1, -0.05) is 12.1 Å². The zero-order valence-corrected chi connectivity index (χ0v) is 11.4. The lowest BCUT2D eigenvalue weighted by molar-refractivity contribution is 0.109. The number of fused-ring (bicyclic) bond motifs is 3. The summed E-state index contributed by atoms with van der Waals surface area (Å²) in [6.45, 7) is 6.16. The molecule has 92 valence electrons. The molecule has 1 aromatic carbocycles. The van der Waals surface area contributed by atoms with Crippen molar-refractivity contribution in [2.24, 2.45) is 4.99 Å². The largest absolute Gasteiger partial charge is 0.293 e. The maximum atomic E-state index is 12.1. The van der Waals surface area contributed by atoms with Crippen molar-refractivity contribution in [1.82, 2.24) is 0 Å². The molecule has 0 aliphatic carbocycles. The normalized spacial score (nSPS) is 20.8. The lowest BCUT2D eigenvalue weighted by Crippen LogP contribution is -2.39. The summed E-state index contributed by atoms with van der Waals surface area (Å²) in [5, 5.41) is 0.856. The third kappa shape index (κ3) is 1.68. The first-order valence-corrected chi connectivity index (χ1v) is 6.70. The number of rotatable bonds is 0. The minimum Gasteiger partial charge on any atom is -0.293 e. The molecule has 0 amide bonds. The summed E-state index contributed by atoms with van der Waals surface area (Å²) in [4.78, 5) is 18.8. The van der Waals surface area contributed by atoms with Gasteiger partial charge in [-0.2, -0.15) is 0 Å². The van der Waals surface area contributed by atoms with Gasteiger partial charge in [0.2, 0.25) is 5.12 Å². The summed E-state index contributed by atoms with van der Waals surface area (Å²) >= 11 is 1.22. The number of carbonyl (C=O) groups is 1. The Morgan fingerprint density at radius 2 is 2.00 bits per heavy atom. The van der Waals surface area contributed by atoms with E-state index in [2.05, 4.69) is 22.9 Å². The Bertz CT molecular complexity index is 602. The monoisotopic (exact) mass is 258 g/mol. The average Bonchev–Trinajstić information content (AvgIpc) is 2.26. The number of hydrogen-bond acceptors (Lipinski definition) is 4. The summed E-state index contributed by atoms with van der Waals surface area (Å²) in [5.41, 5.74) is 2.57. The zero-order valence-electron chi connectivity index (χ0n) is 10.6. The Labute approximate surface area is 111 Å². The van der Waals surface area contributed by atoms with Gasteiger partial charge in [-0.15, -0.1) is 0 Å². The van der Waals surface area contributed by atoms with Crippen LogP contribution >= 0.6 is 11.8 Å². The maximum Gasteiger partial charge on any atom is 0.229 e. The van der Waals surface area contributed by atoms with Gasteiger partial charge in [-0.25, -0.2) is 0 Å². The predicted octanol–water partition coefficient (Wildman–Crippen LogP) is 3.43. The van der Waals surface area contributed by atoms with E-state index in [9.17, 15) is 4.79 Å². The molecule has 2 heterocycles. The van der Waals surface area contributed by atoms with E-state index in [0.29, 0.717) is 0 Å². The van der Waals surface area contributed by atoms with Gasteiger partial charge in [0.15, 0.2) is 5.17 Å². The second kappa shape index (κ2) is 3.72. The lowest BCUT2D eigenvalue weighted by Gasteiger charge is -2.37. The van der Waals surface area contributed by atoms with Crippen LogP contribution < -0.4 is 4.90 Å². The first kappa shape index (κ1) is 11.5. The summed E-state index contributed by atoms with van der Waals surface area (Å²) in [6.07, 6.45) is 2.13. The standard InChI is InChI=1S/C14H14N2OS/c1-9-8-14(2,3)15-13-16(9)11-7-5-4-6-10(11)12(17)18-13/h4-8H,1-3H3. The molecule has 0 saturated carbocycles. The molecule has 0 aromatic heterocycles. The fraction of sp³-hybridized carbons (Fsp3) is 0.286. The number of carbonyl (C=O) groups excluding carboxylic acids is 1. The maximum absolute atomic E-state index is 12.1. The third-order valence-corrected chi connectivity index (χ3v) is 3.90. The second-order valence-corrected chi connectivity index (χ2v) is 6.02. The van der Waals surface area contributed by atoms with Crippen molar-refractivity contribution < 1.29 is 4.79 Å². The number of allylic oxidation sites excluding steroid dienone is 1. The van der Waals surface area contributed by atoms with Crippen LogP contribution in [0, 0.1) is 0 Å². The SMILES string of the molecule is CC1=CC(C)(C)N=C2SC(=O)c3ccccc3N12. The zero-order chi connectivity index (χ0) is 12.9. The van der Waals surface area contributed by atoms with Crippen molar-refractivity contribution in [3.8, 4) is 0 Å². The van der Waals surface area contributed by atoms with E-state index >= 15 is 0 Å². The molecule has 0 N–H and O–H groups in total. The molecule has 0 radical (unpaired) electrons. The number of nitrogens with zero attached hydrogens (tertiary/aromatic N) is 2. The molecule has 0 fully saturated rings. The van der Waals surface area contributed by atoms with Crippen molar-refractivity contribution in [2.75, 3.05) is 4.90 Å². The first-order chi connectivity index (χ1) is 8.48. The number of benzene rings is 1. The van der Waals surface area contributed by atoms with Crippen molar-refractivity contribution in [1.29, 1.82) is 0 Å². The van der Waals surface area contributed by atoms with Gasteiger partial charge in [0.05, 0.1) is 16.8 Å². The van der Waals surface area contributed by atoms with E-state index in [1.807, 2.05) is 38.1 Å². The van der Waals surface area contributed by atoms with Gasteiger partial charge < -0.3 is 0 Å². The average molecular weight is 258 g/mol. The highest BCUT2D eigenvalue weighted by atomic mass is 32.2. The first-order valence-electron chi connectivity index (χ1n) is 5.89. The Hall–Kier alpha value is -1.55. The molecular formula is C14H14N2OS. The van der Waals surface area contributed by atoms with Crippen LogP contribution in [0.25, 0.3) is 0 Å². The van der Waals surface area contributed by atoms with Crippen LogP contribution in [-0.2, 0) is 0 Å². The molecule has 2 aliphatic heterocycles. The number of para-hydroxylation sites is 1. The van der Waals surface area contributed by atoms with Crippen LogP contribution in [0.5, 0.6) is 0 Å². The second-order valence-electron chi connectivity index (χ2n) is 5.08. The Morgan fingerprint density at radius 3 is 2.78 bits per heavy atom. The van der Waals surface area contributed by atoms with Crippen molar-refractivity contribution >= 4 is 27.7 Å². The van der Waals surface area contributed by atoms with Crippen LogP contribution in [0.15, 0.2) is 41.0 Å². The highest BCUT2D eigenvalue weighted by Crippen LogP contribution is 2.39.